The molecule has 1 heterocycles. The molecule has 0 aliphatic rings. The minimum absolute atomic E-state index is 0.0911. The zero-order chi connectivity index (χ0) is 21.6. The van der Waals surface area contributed by atoms with Crippen LogP contribution in [0.2, 0.25) is 0 Å². The molecular weight excluding hydrogens is 390 g/mol. The van der Waals surface area contributed by atoms with E-state index in [9.17, 15) is 9.59 Å². The molecule has 0 fully saturated rings. The lowest BCUT2D eigenvalue weighted by atomic mass is 10.0. The van der Waals surface area contributed by atoms with Gasteiger partial charge in [0.15, 0.2) is 11.6 Å². The van der Waals surface area contributed by atoms with Crippen molar-refractivity contribution in [1.29, 1.82) is 0 Å². The molecule has 0 unspecified atom stereocenters. The van der Waals surface area contributed by atoms with Gasteiger partial charge in [0.2, 0.25) is 0 Å². The number of carbonyl (C=O) groups is 2. The summed E-state index contributed by atoms with van der Waals surface area (Å²) in [5, 5.41) is 2.77. The van der Waals surface area contributed by atoms with Gasteiger partial charge in [0.1, 0.15) is 5.56 Å². The maximum atomic E-state index is 12.8. The number of methoxy groups -OCH3 is 1. The first kappa shape index (κ1) is 20.0. The number of esters is 1. The molecule has 4 rings (SSSR count). The summed E-state index contributed by atoms with van der Waals surface area (Å²) in [6.45, 7) is 0. The molecule has 1 aromatic heterocycles. The summed E-state index contributed by atoms with van der Waals surface area (Å²) >= 11 is 0. The van der Waals surface area contributed by atoms with E-state index in [0.717, 1.165) is 5.56 Å². The van der Waals surface area contributed by atoms with Crippen LogP contribution in [0.5, 0.6) is 0 Å². The SMILES string of the molecule is COC(=O)c1c(NC(=O)c2ccccc2)nc(-c2ccccc2)nc1-c1ccccc1. The highest BCUT2D eigenvalue weighted by Crippen LogP contribution is 2.30. The predicted molar refractivity (Wildman–Crippen MR) is 119 cm³/mol. The lowest BCUT2D eigenvalue weighted by Crippen LogP contribution is -2.19. The molecule has 152 valence electrons. The lowest BCUT2D eigenvalue weighted by molar-refractivity contribution is 0.0602. The topological polar surface area (TPSA) is 81.2 Å². The second kappa shape index (κ2) is 9.00. The van der Waals surface area contributed by atoms with Gasteiger partial charge in [-0.05, 0) is 12.1 Å². The Morgan fingerprint density at radius 3 is 1.87 bits per heavy atom. The standard InChI is InChI=1S/C25H19N3O3/c1-31-25(30)20-21(17-11-5-2-6-12-17)26-22(18-13-7-3-8-14-18)27-23(20)28-24(29)19-15-9-4-10-16-19/h2-16H,1H3,(H,26,27,28,29). The van der Waals surface area contributed by atoms with Gasteiger partial charge in [-0.15, -0.1) is 0 Å². The van der Waals surface area contributed by atoms with Crippen LogP contribution in [-0.2, 0) is 4.74 Å². The van der Waals surface area contributed by atoms with Crippen molar-refractivity contribution in [3.05, 3.63) is 102 Å². The van der Waals surface area contributed by atoms with Crippen molar-refractivity contribution in [2.24, 2.45) is 0 Å². The van der Waals surface area contributed by atoms with Gasteiger partial charge < -0.3 is 10.1 Å². The van der Waals surface area contributed by atoms with Crippen LogP contribution in [0.4, 0.5) is 5.82 Å². The van der Waals surface area contributed by atoms with E-state index >= 15 is 0 Å². The average Bonchev–Trinajstić information content (AvgIpc) is 2.84. The van der Waals surface area contributed by atoms with Crippen LogP contribution in [0.25, 0.3) is 22.6 Å². The number of hydrogen-bond donors (Lipinski definition) is 1. The number of ether oxygens (including phenoxy) is 1. The molecule has 6 heteroatoms. The molecule has 0 aliphatic carbocycles. The molecule has 0 spiro atoms. The van der Waals surface area contributed by atoms with E-state index in [1.54, 1.807) is 24.3 Å². The van der Waals surface area contributed by atoms with E-state index in [2.05, 4.69) is 15.3 Å². The molecule has 0 radical (unpaired) electrons. The zero-order valence-corrected chi connectivity index (χ0v) is 16.8. The van der Waals surface area contributed by atoms with Crippen LogP contribution < -0.4 is 5.32 Å². The smallest absolute Gasteiger partial charge is 0.343 e. The largest absolute Gasteiger partial charge is 0.465 e. The molecule has 0 aliphatic heterocycles. The number of rotatable bonds is 5. The number of aromatic nitrogens is 2. The molecule has 1 N–H and O–H groups in total. The van der Waals surface area contributed by atoms with Crippen LogP contribution in [0.3, 0.4) is 0 Å². The number of anilines is 1. The van der Waals surface area contributed by atoms with Gasteiger partial charge in [0, 0.05) is 16.7 Å². The summed E-state index contributed by atoms with van der Waals surface area (Å²) in [5.74, 6) is -0.548. The number of nitrogens with one attached hydrogen (secondary N) is 1. The van der Waals surface area contributed by atoms with Crippen molar-refractivity contribution in [3.63, 3.8) is 0 Å². The molecular formula is C25H19N3O3. The number of amides is 1. The first-order valence-corrected chi connectivity index (χ1v) is 9.65. The Morgan fingerprint density at radius 1 is 0.742 bits per heavy atom. The van der Waals surface area contributed by atoms with Crippen LogP contribution in [-0.4, -0.2) is 29.0 Å². The van der Waals surface area contributed by atoms with Crippen molar-refractivity contribution < 1.29 is 14.3 Å². The average molecular weight is 409 g/mol. The van der Waals surface area contributed by atoms with E-state index in [-0.39, 0.29) is 17.3 Å². The lowest BCUT2D eigenvalue weighted by Gasteiger charge is -2.15. The van der Waals surface area contributed by atoms with Gasteiger partial charge in [0.05, 0.1) is 12.8 Å². The molecule has 0 atom stereocenters. The van der Waals surface area contributed by atoms with E-state index < -0.39 is 5.97 Å². The third-order valence-corrected chi connectivity index (χ3v) is 4.65. The zero-order valence-electron chi connectivity index (χ0n) is 16.8. The number of benzene rings is 3. The molecule has 0 bridgehead atoms. The molecule has 6 nitrogen and oxygen atoms in total. The van der Waals surface area contributed by atoms with Crippen LogP contribution >= 0.6 is 0 Å². The van der Waals surface area contributed by atoms with E-state index in [0.29, 0.717) is 22.6 Å². The Labute approximate surface area is 179 Å². The molecule has 0 saturated carbocycles. The maximum Gasteiger partial charge on any atom is 0.343 e. The number of nitrogens with zero attached hydrogens (tertiary/aromatic N) is 2. The Bertz CT molecular complexity index is 1210. The highest BCUT2D eigenvalue weighted by Gasteiger charge is 2.25. The van der Waals surface area contributed by atoms with Crippen molar-refractivity contribution in [2.75, 3.05) is 12.4 Å². The van der Waals surface area contributed by atoms with E-state index in [1.165, 1.54) is 7.11 Å². The summed E-state index contributed by atoms with van der Waals surface area (Å²) < 4.78 is 5.00. The number of hydrogen-bond acceptors (Lipinski definition) is 5. The highest BCUT2D eigenvalue weighted by atomic mass is 16.5. The van der Waals surface area contributed by atoms with Crippen molar-refractivity contribution in [2.45, 2.75) is 0 Å². The fraction of sp³-hybridized carbons (Fsp3) is 0.0400. The molecule has 1 amide bonds. The van der Waals surface area contributed by atoms with E-state index in [1.807, 2.05) is 66.7 Å². The van der Waals surface area contributed by atoms with Gasteiger partial charge in [-0.2, -0.15) is 0 Å². The minimum Gasteiger partial charge on any atom is -0.465 e. The quantitative estimate of drug-likeness (QED) is 0.477. The summed E-state index contributed by atoms with van der Waals surface area (Å²) in [7, 11) is 1.28. The van der Waals surface area contributed by atoms with Gasteiger partial charge in [-0.1, -0.05) is 78.9 Å². The van der Waals surface area contributed by atoms with E-state index in [4.69, 9.17) is 4.74 Å². The molecule has 3 aromatic carbocycles. The maximum absolute atomic E-state index is 12.8. The van der Waals surface area contributed by atoms with Gasteiger partial charge in [-0.3, -0.25) is 4.79 Å². The summed E-state index contributed by atoms with van der Waals surface area (Å²) in [6.07, 6.45) is 0. The Kier molecular flexibility index (Phi) is 5.80. The monoisotopic (exact) mass is 409 g/mol. The number of carbonyl (C=O) groups excluding carboxylic acids is 2. The summed E-state index contributed by atoms with van der Waals surface area (Å²) in [6, 6.07) is 27.3. The van der Waals surface area contributed by atoms with Crippen molar-refractivity contribution in [3.8, 4) is 22.6 Å². The Morgan fingerprint density at radius 2 is 1.29 bits per heavy atom. The van der Waals surface area contributed by atoms with Crippen LogP contribution in [0.1, 0.15) is 20.7 Å². The van der Waals surface area contributed by atoms with Gasteiger partial charge in [-0.25, -0.2) is 14.8 Å². The van der Waals surface area contributed by atoms with Crippen LogP contribution in [0.15, 0.2) is 91.0 Å². The first-order valence-electron chi connectivity index (χ1n) is 9.65. The van der Waals surface area contributed by atoms with Gasteiger partial charge >= 0.3 is 5.97 Å². The predicted octanol–water partition coefficient (Wildman–Crippen LogP) is 4.85. The highest BCUT2D eigenvalue weighted by molar-refractivity contribution is 6.09. The fourth-order valence-corrected chi connectivity index (χ4v) is 3.14. The second-order valence-corrected chi connectivity index (χ2v) is 6.66. The Balaban J connectivity index is 1.92. The minimum atomic E-state index is -0.637. The van der Waals surface area contributed by atoms with Gasteiger partial charge in [0.25, 0.3) is 5.91 Å². The molecule has 31 heavy (non-hydrogen) atoms. The molecule has 0 saturated heterocycles. The third-order valence-electron chi connectivity index (χ3n) is 4.65. The normalized spacial score (nSPS) is 10.4. The van der Waals surface area contributed by atoms with Crippen LogP contribution in [0, 0.1) is 0 Å². The first-order chi connectivity index (χ1) is 15.2. The molecule has 4 aromatic rings. The Hall–Kier alpha value is -4.32. The second-order valence-electron chi connectivity index (χ2n) is 6.66. The van der Waals surface area contributed by atoms with Crippen molar-refractivity contribution in [1.82, 2.24) is 9.97 Å². The van der Waals surface area contributed by atoms with Crippen molar-refractivity contribution >= 4 is 17.7 Å². The third kappa shape index (κ3) is 4.33. The summed E-state index contributed by atoms with van der Waals surface area (Å²) in [4.78, 5) is 34.8. The summed E-state index contributed by atoms with van der Waals surface area (Å²) in [5.41, 5.74) is 2.38. The fourth-order valence-electron chi connectivity index (χ4n) is 3.14.